The van der Waals surface area contributed by atoms with E-state index < -0.39 is 36.3 Å². The van der Waals surface area contributed by atoms with Crippen LogP contribution in [0.3, 0.4) is 0 Å². The highest BCUT2D eigenvalue weighted by atomic mass is 16.7. The summed E-state index contributed by atoms with van der Waals surface area (Å²) in [4.78, 5) is 14.0. The predicted octanol–water partition coefficient (Wildman–Crippen LogP) is 2.70. The van der Waals surface area contributed by atoms with E-state index in [1.165, 1.54) is 0 Å². The lowest BCUT2D eigenvalue weighted by molar-refractivity contribution is -0.385. The zero-order chi connectivity index (χ0) is 36.3. The maximum Gasteiger partial charge on any atom is 0.169 e. The normalized spacial score (nSPS) is 50.4. The Bertz CT molecular complexity index is 1330. The number of aliphatic hydroxyl groups excluding tert-OH is 2. The second-order valence-corrected chi connectivity index (χ2v) is 17.2. The van der Waals surface area contributed by atoms with Gasteiger partial charge >= 0.3 is 0 Å². The standard InChI is InChI=1S/C40H61NO11/c1-20-13-25-5-7-29-21(2)14-27(46-29)9-11-40-12-10-31(51-40)37-35(44)39(52-40)38-30(50-37)8-6-26(48-38)15-23(42)16-28-33(18-32(47-25)22(20)3)49-34(36(28)45-4)17-24(43)19-41/h20,24-39,43-44H,2-3,5-19,41H2,1,4H3/p+1/t20-,24+,25+,26?,27+,28+,29+,30+,31+,32-,33+,34-,35-,36-,37+,38+,39-,40+/m1/s1. The molecule has 8 heterocycles. The molecular weight excluding hydrogens is 670 g/mol. The lowest BCUT2D eigenvalue weighted by atomic mass is 9.81. The molecular formula is C40H62NO11+. The second-order valence-electron chi connectivity index (χ2n) is 17.2. The first-order valence-corrected chi connectivity index (χ1v) is 20.2. The van der Waals surface area contributed by atoms with Gasteiger partial charge in [0.05, 0.1) is 61.0 Å². The molecule has 18 atom stereocenters. The number of quaternary nitrogens is 1. The first kappa shape index (κ1) is 37.6. The molecule has 0 amide bonds. The molecule has 1 unspecified atom stereocenters. The molecule has 8 aliphatic heterocycles. The van der Waals surface area contributed by atoms with E-state index in [0.29, 0.717) is 38.6 Å². The van der Waals surface area contributed by atoms with Crippen LogP contribution in [0.25, 0.3) is 0 Å². The van der Waals surface area contributed by atoms with Crippen molar-refractivity contribution >= 4 is 5.78 Å². The summed E-state index contributed by atoms with van der Waals surface area (Å²) in [5.41, 5.74) is 6.06. The molecule has 0 saturated carbocycles. The highest BCUT2D eigenvalue weighted by Gasteiger charge is 2.60. The molecule has 12 nitrogen and oxygen atoms in total. The van der Waals surface area contributed by atoms with Crippen LogP contribution >= 0.6 is 0 Å². The first-order chi connectivity index (χ1) is 25.0. The van der Waals surface area contributed by atoms with Crippen molar-refractivity contribution in [1.29, 1.82) is 0 Å². The van der Waals surface area contributed by atoms with E-state index in [2.05, 4.69) is 25.8 Å². The fraction of sp³-hybridized carbons (Fsp3) is 0.875. The van der Waals surface area contributed by atoms with Gasteiger partial charge < -0.3 is 53.8 Å². The van der Waals surface area contributed by atoms with Gasteiger partial charge in [-0.25, -0.2) is 0 Å². The van der Waals surface area contributed by atoms with Crippen LogP contribution in [-0.4, -0.2) is 127 Å². The molecule has 5 N–H and O–H groups in total. The van der Waals surface area contributed by atoms with Gasteiger partial charge in [0, 0.05) is 51.6 Å². The summed E-state index contributed by atoms with van der Waals surface area (Å²) in [6.45, 7) is 11.5. The Hall–Kier alpha value is -1.29. The summed E-state index contributed by atoms with van der Waals surface area (Å²) in [6, 6.07) is 0. The van der Waals surface area contributed by atoms with Crippen LogP contribution in [-0.2, 0) is 42.7 Å². The van der Waals surface area contributed by atoms with Gasteiger partial charge in [-0.15, -0.1) is 0 Å². The number of fused-ring (bicyclic) bond motifs is 9. The minimum atomic E-state index is -0.885. The van der Waals surface area contributed by atoms with Crippen molar-refractivity contribution in [3.63, 3.8) is 0 Å². The molecule has 0 aliphatic carbocycles. The minimum absolute atomic E-state index is 0.0210. The molecule has 0 radical (unpaired) electrons. The number of ketones is 1. The molecule has 0 aromatic heterocycles. The average molecular weight is 733 g/mol. The maximum atomic E-state index is 14.0. The van der Waals surface area contributed by atoms with Crippen molar-refractivity contribution in [2.75, 3.05) is 13.7 Å². The number of Topliss-reactive ketones (excluding diaryl/α,β-unsaturated/α-hetero) is 1. The molecule has 1 spiro atoms. The molecule has 12 heteroatoms. The summed E-state index contributed by atoms with van der Waals surface area (Å²) in [7, 11) is 1.66. The van der Waals surface area contributed by atoms with Gasteiger partial charge in [0.1, 0.15) is 42.8 Å². The van der Waals surface area contributed by atoms with Crippen LogP contribution in [0.2, 0.25) is 0 Å². The number of hydrogen-bond acceptors (Lipinski definition) is 11. The largest absolute Gasteiger partial charge is 0.387 e. The van der Waals surface area contributed by atoms with Gasteiger partial charge in [0.25, 0.3) is 0 Å². The fourth-order valence-corrected chi connectivity index (χ4v) is 10.8. The van der Waals surface area contributed by atoms with Crippen LogP contribution < -0.4 is 5.73 Å². The lowest BCUT2D eigenvalue weighted by Crippen LogP contribution is -2.63. The molecule has 0 aromatic rings. The van der Waals surface area contributed by atoms with Crippen molar-refractivity contribution in [3.8, 4) is 0 Å². The van der Waals surface area contributed by atoms with Crippen LogP contribution in [0.4, 0.5) is 0 Å². The third kappa shape index (κ3) is 7.36. The number of methoxy groups -OCH3 is 1. The third-order valence-corrected chi connectivity index (χ3v) is 13.7. The zero-order valence-electron chi connectivity index (χ0n) is 31.1. The van der Waals surface area contributed by atoms with Gasteiger partial charge in [-0.05, 0) is 68.4 Å². The van der Waals surface area contributed by atoms with Crippen molar-refractivity contribution in [2.45, 2.75) is 194 Å². The zero-order valence-corrected chi connectivity index (χ0v) is 31.1. The van der Waals surface area contributed by atoms with Gasteiger partial charge in [0.2, 0.25) is 0 Å². The molecule has 52 heavy (non-hydrogen) atoms. The highest BCUT2D eigenvalue weighted by molar-refractivity contribution is 5.79. The topological polar surface area (TPSA) is 159 Å². The Morgan fingerprint density at radius 2 is 1.60 bits per heavy atom. The molecule has 8 fully saturated rings. The van der Waals surface area contributed by atoms with Crippen molar-refractivity contribution in [1.82, 2.24) is 0 Å². The quantitative estimate of drug-likeness (QED) is 0.365. The van der Waals surface area contributed by atoms with E-state index in [-0.39, 0.29) is 91.5 Å². The van der Waals surface area contributed by atoms with Crippen molar-refractivity contribution in [2.24, 2.45) is 11.8 Å². The monoisotopic (exact) mass is 732 g/mol. The fourth-order valence-electron chi connectivity index (χ4n) is 10.8. The average Bonchev–Trinajstić information content (AvgIpc) is 3.79. The first-order valence-electron chi connectivity index (χ1n) is 20.2. The van der Waals surface area contributed by atoms with Crippen molar-refractivity contribution in [3.05, 3.63) is 24.3 Å². The Balaban J connectivity index is 1.07. The maximum absolute atomic E-state index is 14.0. The summed E-state index contributed by atoms with van der Waals surface area (Å²) in [5.74, 6) is -0.721. The second kappa shape index (κ2) is 15.3. The number of carbonyl (C=O) groups excluding carboxylic acids is 1. The molecule has 8 rings (SSSR count). The molecule has 8 saturated heterocycles. The van der Waals surface area contributed by atoms with Gasteiger partial charge in [-0.3, -0.25) is 4.79 Å². The minimum Gasteiger partial charge on any atom is -0.387 e. The van der Waals surface area contributed by atoms with Crippen LogP contribution in [0.15, 0.2) is 24.3 Å². The number of ether oxygens (including phenoxy) is 8. The van der Waals surface area contributed by atoms with Crippen molar-refractivity contribution < 1.29 is 58.6 Å². The van der Waals surface area contributed by atoms with E-state index in [0.717, 1.165) is 56.1 Å². The Morgan fingerprint density at radius 3 is 2.40 bits per heavy atom. The molecule has 8 aliphatic rings. The SMILES string of the molecule is C=C1C[C@@H]2CC[C@]34CC[C@H](O3)[C@@H]3O[C@H]5CCC(CC(=O)C[C@@H]6[C@@H](OC)[C@@H](C[C@H](O)C[NH3+])O[C@H]6C[C@H]6O[C@@H](CC[C@@H]1O2)C[C@@H](C)C6=C)O[C@@H]5[C@H](O4)[C@@H]3O. The van der Waals surface area contributed by atoms with E-state index in [1.54, 1.807) is 7.11 Å². The molecule has 0 aromatic carbocycles. The van der Waals surface area contributed by atoms with Crippen LogP contribution in [0, 0.1) is 11.8 Å². The van der Waals surface area contributed by atoms with E-state index in [9.17, 15) is 15.0 Å². The number of carbonyl (C=O) groups is 1. The predicted molar refractivity (Wildman–Crippen MR) is 187 cm³/mol. The lowest BCUT2D eigenvalue weighted by Gasteiger charge is -2.49. The Kier molecular flexibility index (Phi) is 11.1. The van der Waals surface area contributed by atoms with Gasteiger partial charge in [-0.1, -0.05) is 20.1 Å². The molecule has 292 valence electrons. The summed E-state index contributed by atoms with van der Waals surface area (Å²) < 4.78 is 52.8. The van der Waals surface area contributed by atoms with E-state index in [1.807, 2.05) is 0 Å². The van der Waals surface area contributed by atoms with Crippen LogP contribution in [0.1, 0.15) is 96.8 Å². The number of aliphatic hydroxyl groups is 2. The van der Waals surface area contributed by atoms with E-state index >= 15 is 0 Å². The van der Waals surface area contributed by atoms with Crippen LogP contribution in [0.5, 0.6) is 0 Å². The third-order valence-electron chi connectivity index (χ3n) is 13.7. The van der Waals surface area contributed by atoms with Gasteiger partial charge in [-0.2, -0.15) is 0 Å². The number of hydrogen-bond donors (Lipinski definition) is 3. The smallest absolute Gasteiger partial charge is 0.169 e. The summed E-state index contributed by atoms with van der Waals surface area (Å²) in [6.07, 6.45) is 3.92. The van der Waals surface area contributed by atoms with Gasteiger partial charge in [0.15, 0.2) is 5.79 Å². The highest BCUT2D eigenvalue weighted by Crippen LogP contribution is 2.49. The Labute approximate surface area is 308 Å². The summed E-state index contributed by atoms with van der Waals surface area (Å²) >= 11 is 0. The van der Waals surface area contributed by atoms with E-state index in [4.69, 9.17) is 37.9 Å². The number of rotatable bonds is 4. The Morgan fingerprint density at radius 1 is 0.827 bits per heavy atom. The summed E-state index contributed by atoms with van der Waals surface area (Å²) in [5, 5.41) is 22.2. The molecule has 10 bridgehead atoms.